The van der Waals surface area contributed by atoms with E-state index in [-0.39, 0.29) is 0 Å². The maximum Gasteiger partial charge on any atom is 0.163 e. The quantitative estimate of drug-likeness (QED) is 0.531. The summed E-state index contributed by atoms with van der Waals surface area (Å²) in [6.45, 7) is 0. The standard InChI is InChI=1S/C6H3BrN2S/c7-5-1-2-8-6(3-5)9-4-10/h1-3H. The van der Waals surface area contributed by atoms with Gasteiger partial charge in [-0.1, -0.05) is 15.9 Å². The van der Waals surface area contributed by atoms with Crippen LogP contribution in [-0.4, -0.2) is 10.1 Å². The molecule has 0 aliphatic carbocycles. The van der Waals surface area contributed by atoms with E-state index < -0.39 is 0 Å². The zero-order valence-corrected chi connectivity index (χ0v) is 7.32. The Labute approximate surface area is 72.1 Å². The highest BCUT2D eigenvalue weighted by Crippen LogP contribution is 2.14. The number of aliphatic imine (C=N–C) groups is 1. The molecule has 0 N–H and O–H groups in total. The largest absolute Gasteiger partial charge is 0.236 e. The van der Waals surface area contributed by atoms with Crippen molar-refractivity contribution in [2.45, 2.75) is 0 Å². The molecule has 1 aromatic heterocycles. The number of thiocarbonyl (C=S) groups is 1. The molecule has 0 unspecified atom stereocenters. The molecule has 0 aliphatic rings. The third kappa shape index (κ3) is 1.99. The fraction of sp³-hybridized carbons (Fsp3) is 0. The van der Waals surface area contributed by atoms with Gasteiger partial charge in [-0.25, -0.2) is 4.98 Å². The van der Waals surface area contributed by atoms with E-state index in [0.29, 0.717) is 5.82 Å². The molecular weight excluding hydrogens is 212 g/mol. The molecule has 0 saturated heterocycles. The van der Waals surface area contributed by atoms with Gasteiger partial charge in [0.25, 0.3) is 0 Å². The first kappa shape index (κ1) is 7.54. The summed E-state index contributed by atoms with van der Waals surface area (Å²) in [5.74, 6) is 0.573. The summed E-state index contributed by atoms with van der Waals surface area (Å²) in [5.41, 5.74) is 0. The molecule has 10 heavy (non-hydrogen) atoms. The minimum atomic E-state index is 0.573. The second kappa shape index (κ2) is 3.56. The van der Waals surface area contributed by atoms with Crippen LogP contribution in [0, 0.1) is 0 Å². The van der Waals surface area contributed by atoms with E-state index >= 15 is 0 Å². The molecule has 0 radical (unpaired) electrons. The first-order valence-corrected chi connectivity index (χ1v) is 3.72. The Bertz CT molecular complexity index is 281. The maximum absolute atomic E-state index is 4.41. The Kier molecular flexibility index (Phi) is 2.68. The average Bonchev–Trinajstić information content (AvgIpc) is 1.88. The zero-order chi connectivity index (χ0) is 7.40. The van der Waals surface area contributed by atoms with Gasteiger partial charge in [0.05, 0.1) is 5.16 Å². The molecule has 0 aliphatic heterocycles. The van der Waals surface area contributed by atoms with Gasteiger partial charge in [0, 0.05) is 10.7 Å². The fourth-order valence-corrected chi connectivity index (χ4v) is 0.918. The molecule has 50 valence electrons. The van der Waals surface area contributed by atoms with Crippen molar-refractivity contribution < 1.29 is 0 Å². The molecule has 0 bridgehead atoms. The van der Waals surface area contributed by atoms with Crippen LogP contribution in [0.25, 0.3) is 0 Å². The maximum atomic E-state index is 4.41. The molecule has 4 heteroatoms. The van der Waals surface area contributed by atoms with Gasteiger partial charge in [0.1, 0.15) is 0 Å². The molecular formula is C6H3BrN2S. The molecule has 0 spiro atoms. The summed E-state index contributed by atoms with van der Waals surface area (Å²) in [7, 11) is 0. The van der Waals surface area contributed by atoms with Crippen LogP contribution in [0.15, 0.2) is 27.8 Å². The summed E-state index contributed by atoms with van der Waals surface area (Å²) < 4.78 is 0.937. The lowest BCUT2D eigenvalue weighted by atomic mass is 10.5. The third-order valence-electron chi connectivity index (χ3n) is 0.868. The Morgan fingerprint density at radius 1 is 1.70 bits per heavy atom. The molecule has 0 atom stereocenters. The predicted octanol–water partition coefficient (Wildman–Crippen LogP) is 2.58. The first-order chi connectivity index (χ1) is 4.83. The van der Waals surface area contributed by atoms with Gasteiger partial charge < -0.3 is 0 Å². The number of nitrogens with zero attached hydrogens (tertiary/aromatic N) is 2. The van der Waals surface area contributed by atoms with Crippen LogP contribution >= 0.6 is 28.1 Å². The van der Waals surface area contributed by atoms with Crippen LogP contribution in [-0.2, 0) is 0 Å². The van der Waals surface area contributed by atoms with Crippen LogP contribution in [0.4, 0.5) is 5.82 Å². The van der Waals surface area contributed by atoms with Gasteiger partial charge >= 0.3 is 0 Å². The molecule has 2 nitrogen and oxygen atoms in total. The number of pyridine rings is 1. The molecule has 0 fully saturated rings. The van der Waals surface area contributed by atoms with E-state index in [1.165, 1.54) is 0 Å². The molecule has 0 aromatic carbocycles. The van der Waals surface area contributed by atoms with E-state index in [1.54, 1.807) is 12.3 Å². The van der Waals surface area contributed by atoms with Crippen molar-refractivity contribution >= 4 is 39.1 Å². The van der Waals surface area contributed by atoms with Crippen molar-refractivity contribution in [1.29, 1.82) is 0 Å². The molecule has 1 aromatic rings. The monoisotopic (exact) mass is 214 g/mol. The Balaban J connectivity index is 3.06. The number of halogens is 1. The Hall–Kier alpha value is -0.570. The smallest absolute Gasteiger partial charge is 0.163 e. The summed E-state index contributed by atoms with van der Waals surface area (Å²) in [6.07, 6.45) is 1.65. The number of aromatic nitrogens is 1. The topological polar surface area (TPSA) is 25.2 Å². The van der Waals surface area contributed by atoms with Crippen LogP contribution in [0.3, 0.4) is 0 Å². The van der Waals surface area contributed by atoms with Crippen LogP contribution < -0.4 is 0 Å². The number of hydrogen-bond acceptors (Lipinski definition) is 3. The molecule has 0 amide bonds. The molecule has 0 saturated carbocycles. The van der Waals surface area contributed by atoms with Gasteiger partial charge in [0.15, 0.2) is 5.82 Å². The van der Waals surface area contributed by atoms with Crippen LogP contribution in [0.2, 0.25) is 0 Å². The molecule has 1 rings (SSSR count). The van der Waals surface area contributed by atoms with E-state index in [2.05, 4.69) is 43.3 Å². The van der Waals surface area contributed by atoms with Crippen LogP contribution in [0.5, 0.6) is 0 Å². The normalized spacial score (nSPS) is 8.50. The van der Waals surface area contributed by atoms with Gasteiger partial charge in [-0.15, -0.1) is 0 Å². The minimum Gasteiger partial charge on any atom is -0.236 e. The van der Waals surface area contributed by atoms with Crippen molar-refractivity contribution in [2.24, 2.45) is 4.99 Å². The number of hydrogen-bond donors (Lipinski definition) is 0. The van der Waals surface area contributed by atoms with Crippen molar-refractivity contribution in [3.63, 3.8) is 0 Å². The lowest BCUT2D eigenvalue weighted by molar-refractivity contribution is 1.27. The zero-order valence-electron chi connectivity index (χ0n) is 4.91. The highest BCUT2D eigenvalue weighted by atomic mass is 79.9. The number of isothiocyanates is 1. The van der Waals surface area contributed by atoms with E-state index in [0.717, 1.165) is 4.47 Å². The van der Waals surface area contributed by atoms with E-state index in [1.807, 2.05) is 6.07 Å². The lowest BCUT2D eigenvalue weighted by Gasteiger charge is -1.88. The number of rotatable bonds is 1. The van der Waals surface area contributed by atoms with Gasteiger partial charge in [0.2, 0.25) is 0 Å². The fourth-order valence-electron chi connectivity index (χ4n) is 0.501. The van der Waals surface area contributed by atoms with Crippen molar-refractivity contribution in [3.05, 3.63) is 22.8 Å². The molecule has 1 heterocycles. The van der Waals surface area contributed by atoms with Gasteiger partial charge in [-0.3, -0.25) is 0 Å². The summed E-state index contributed by atoms with van der Waals surface area (Å²) in [5, 5.41) is 2.24. The SMILES string of the molecule is S=C=Nc1cc(Br)ccn1. The van der Waals surface area contributed by atoms with Gasteiger partial charge in [-0.05, 0) is 24.4 Å². The Morgan fingerprint density at radius 2 is 2.50 bits per heavy atom. The highest BCUT2D eigenvalue weighted by molar-refractivity contribution is 9.10. The Morgan fingerprint density at radius 3 is 3.10 bits per heavy atom. The van der Waals surface area contributed by atoms with Crippen molar-refractivity contribution in [1.82, 2.24) is 4.98 Å². The minimum absolute atomic E-state index is 0.573. The first-order valence-electron chi connectivity index (χ1n) is 2.52. The van der Waals surface area contributed by atoms with E-state index in [4.69, 9.17) is 0 Å². The lowest BCUT2D eigenvalue weighted by Crippen LogP contribution is -1.70. The second-order valence-corrected chi connectivity index (χ2v) is 2.63. The van der Waals surface area contributed by atoms with Crippen molar-refractivity contribution in [3.8, 4) is 0 Å². The van der Waals surface area contributed by atoms with Gasteiger partial charge in [-0.2, -0.15) is 4.99 Å². The summed E-state index contributed by atoms with van der Waals surface area (Å²) in [6, 6.07) is 3.59. The van der Waals surface area contributed by atoms with Crippen LogP contribution in [0.1, 0.15) is 0 Å². The summed E-state index contributed by atoms with van der Waals surface area (Å²) >= 11 is 7.68. The highest BCUT2D eigenvalue weighted by Gasteiger charge is 1.88. The summed E-state index contributed by atoms with van der Waals surface area (Å²) in [4.78, 5) is 7.59. The van der Waals surface area contributed by atoms with E-state index in [9.17, 15) is 0 Å². The predicted molar refractivity (Wildman–Crippen MR) is 46.6 cm³/mol. The van der Waals surface area contributed by atoms with Crippen molar-refractivity contribution in [2.75, 3.05) is 0 Å². The average molecular weight is 215 g/mol. The second-order valence-electron chi connectivity index (χ2n) is 1.54. The third-order valence-corrected chi connectivity index (χ3v) is 1.45.